The van der Waals surface area contributed by atoms with Crippen molar-refractivity contribution in [3.63, 3.8) is 0 Å². The van der Waals surface area contributed by atoms with Crippen LogP contribution in [0.2, 0.25) is 5.02 Å². The van der Waals surface area contributed by atoms with Crippen LogP contribution in [0, 0.1) is 0 Å². The van der Waals surface area contributed by atoms with Crippen molar-refractivity contribution in [3.05, 3.63) is 64.7 Å². The SMILES string of the molecule is O=C(COC(=O)c1ccc(Cl)c(S(=O)(=O)NCc2ccccc2)c1)NC1CCCCCC1. The molecule has 1 aliphatic carbocycles. The summed E-state index contributed by atoms with van der Waals surface area (Å²) in [4.78, 5) is 24.3. The monoisotopic (exact) mass is 478 g/mol. The quantitative estimate of drug-likeness (QED) is 0.443. The van der Waals surface area contributed by atoms with Crippen LogP contribution < -0.4 is 10.0 Å². The highest BCUT2D eigenvalue weighted by atomic mass is 35.5. The van der Waals surface area contributed by atoms with Crippen molar-refractivity contribution < 1.29 is 22.7 Å². The number of halogens is 1. The molecule has 2 aromatic rings. The van der Waals surface area contributed by atoms with Gasteiger partial charge in [-0.15, -0.1) is 0 Å². The molecule has 2 N–H and O–H groups in total. The average Bonchev–Trinajstić information content (AvgIpc) is 3.05. The largest absolute Gasteiger partial charge is 0.452 e. The number of amides is 1. The summed E-state index contributed by atoms with van der Waals surface area (Å²) in [6, 6.07) is 13.0. The molecular weight excluding hydrogens is 452 g/mol. The van der Waals surface area contributed by atoms with Gasteiger partial charge in [0.1, 0.15) is 4.90 Å². The van der Waals surface area contributed by atoms with Gasteiger partial charge in [-0.3, -0.25) is 4.79 Å². The molecule has 0 heterocycles. The molecule has 7 nitrogen and oxygen atoms in total. The summed E-state index contributed by atoms with van der Waals surface area (Å²) in [5.41, 5.74) is 0.777. The predicted octanol–water partition coefficient (Wildman–Crippen LogP) is 3.81. The second kappa shape index (κ2) is 11.4. The maximum absolute atomic E-state index is 12.7. The van der Waals surface area contributed by atoms with E-state index in [-0.39, 0.29) is 34.0 Å². The molecule has 1 saturated carbocycles. The number of hydrogen-bond acceptors (Lipinski definition) is 5. The van der Waals surface area contributed by atoms with E-state index in [1.54, 1.807) is 24.3 Å². The van der Waals surface area contributed by atoms with Crippen molar-refractivity contribution in [3.8, 4) is 0 Å². The standard InChI is InChI=1S/C23H27ClN2O5S/c24-20-13-12-18(14-21(20)32(29,30)25-15-17-8-4-3-5-9-17)23(28)31-16-22(27)26-19-10-6-1-2-7-11-19/h3-5,8-9,12-14,19,25H,1-2,6-7,10-11,15-16H2,(H,26,27). The Labute approximate surface area is 193 Å². The van der Waals surface area contributed by atoms with Crippen molar-refractivity contribution in [1.29, 1.82) is 0 Å². The maximum Gasteiger partial charge on any atom is 0.338 e. The third-order valence-corrected chi connectivity index (χ3v) is 7.20. The predicted molar refractivity (Wildman–Crippen MR) is 122 cm³/mol. The highest BCUT2D eigenvalue weighted by Crippen LogP contribution is 2.23. The van der Waals surface area contributed by atoms with E-state index in [0.29, 0.717) is 0 Å². The number of nitrogens with one attached hydrogen (secondary N) is 2. The van der Waals surface area contributed by atoms with E-state index < -0.39 is 22.6 Å². The van der Waals surface area contributed by atoms with Crippen LogP contribution in [-0.2, 0) is 26.1 Å². The fourth-order valence-electron chi connectivity index (χ4n) is 3.60. The van der Waals surface area contributed by atoms with E-state index in [4.69, 9.17) is 16.3 Å². The molecule has 1 aliphatic rings. The number of rotatable bonds is 8. The zero-order valence-corrected chi connectivity index (χ0v) is 19.3. The Morgan fingerprint density at radius 3 is 2.38 bits per heavy atom. The topological polar surface area (TPSA) is 102 Å². The molecule has 172 valence electrons. The zero-order chi connectivity index (χ0) is 23.0. The Balaban J connectivity index is 1.60. The highest BCUT2D eigenvalue weighted by molar-refractivity contribution is 7.89. The molecular formula is C23H27ClN2O5S. The van der Waals surface area contributed by atoms with E-state index in [1.807, 2.05) is 6.07 Å². The van der Waals surface area contributed by atoms with Crippen molar-refractivity contribution in [1.82, 2.24) is 10.0 Å². The van der Waals surface area contributed by atoms with Crippen molar-refractivity contribution in [2.24, 2.45) is 0 Å². The van der Waals surface area contributed by atoms with Crippen LogP contribution in [0.15, 0.2) is 53.4 Å². The van der Waals surface area contributed by atoms with Gasteiger partial charge in [0.2, 0.25) is 10.0 Å². The summed E-state index contributed by atoms with van der Waals surface area (Å²) < 4.78 is 33.0. The molecule has 0 saturated heterocycles. The Bertz CT molecular complexity index is 1040. The third-order valence-electron chi connectivity index (χ3n) is 5.32. The van der Waals surface area contributed by atoms with Crippen LogP contribution in [0.1, 0.15) is 54.4 Å². The summed E-state index contributed by atoms with van der Waals surface area (Å²) in [5.74, 6) is -1.16. The van der Waals surface area contributed by atoms with Gasteiger partial charge in [-0.2, -0.15) is 0 Å². The normalized spacial score (nSPS) is 15.0. The number of sulfonamides is 1. The fourth-order valence-corrected chi connectivity index (χ4v) is 5.14. The van der Waals surface area contributed by atoms with E-state index in [2.05, 4.69) is 10.0 Å². The van der Waals surface area contributed by atoms with Gasteiger partial charge in [0.25, 0.3) is 5.91 Å². The van der Waals surface area contributed by atoms with Gasteiger partial charge in [-0.25, -0.2) is 17.9 Å². The molecule has 0 aromatic heterocycles. The summed E-state index contributed by atoms with van der Waals surface area (Å²) in [6.07, 6.45) is 6.34. The lowest BCUT2D eigenvalue weighted by Gasteiger charge is -2.16. The highest BCUT2D eigenvalue weighted by Gasteiger charge is 2.21. The average molecular weight is 479 g/mol. The molecule has 0 radical (unpaired) electrons. The summed E-state index contributed by atoms with van der Waals surface area (Å²) >= 11 is 6.08. The molecule has 1 amide bonds. The molecule has 3 rings (SSSR count). The number of benzene rings is 2. The first-order chi connectivity index (χ1) is 15.3. The van der Waals surface area contributed by atoms with Gasteiger partial charge in [-0.05, 0) is 36.6 Å². The lowest BCUT2D eigenvalue weighted by Crippen LogP contribution is -2.37. The van der Waals surface area contributed by atoms with Crippen LogP contribution in [0.5, 0.6) is 0 Å². The first kappa shape index (κ1) is 24.2. The molecule has 0 spiro atoms. The Morgan fingerprint density at radius 1 is 1.00 bits per heavy atom. The fraction of sp³-hybridized carbons (Fsp3) is 0.391. The van der Waals surface area contributed by atoms with Crippen LogP contribution in [-0.4, -0.2) is 32.9 Å². The third kappa shape index (κ3) is 7.05. The summed E-state index contributed by atoms with van der Waals surface area (Å²) in [7, 11) is -3.97. The van der Waals surface area contributed by atoms with Gasteiger partial charge < -0.3 is 10.1 Å². The molecule has 32 heavy (non-hydrogen) atoms. The summed E-state index contributed by atoms with van der Waals surface area (Å²) in [5, 5.41) is 2.88. The lowest BCUT2D eigenvalue weighted by molar-refractivity contribution is -0.125. The minimum absolute atomic E-state index is 0.00301. The second-order valence-electron chi connectivity index (χ2n) is 7.79. The molecule has 0 unspecified atom stereocenters. The van der Waals surface area contributed by atoms with Gasteiger partial charge in [0, 0.05) is 12.6 Å². The second-order valence-corrected chi connectivity index (χ2v) is 9.93. The van der Waals surface area contributed by atoms with Gasteiger partial charge in [0.15, 0.2) is 6.61 Å². The first-order valence-corrected chi connectivity index (χ1v) is 12.5. The minimum atomic E-state index is -3.97. The van der Waals surface area contributed by atoms with E-state index in [9.17, 15) is 18.0 Å². The van der Waals surface area contributed by atoms with Crippen LogP contribution in [0.3, 0.4) is 0 Å². The maximum atomic E-state index is 12.7. The molecule has 0 bridgehead atoms. The van der Waals surface area contributed by atoms with Crippen LogP contribution in [0.4, 0.5) is 0 Å². The Hall–Kier alpha value is -2.42. The number of esters is 1. The van der Waals surface area contributed by atoms with Gasteiger partial charge in [-0.1, -0.05) is 67.6 Å². The van der Waals surface area contributed by atoms with Crippen LogP contribution >= 0.6 is 11.6 Å². The van der Waals surface area contributed by atoms with E-state index in [1.165, 1.54) is 25.0 Å². The molecule has 9 heteroatoms. The van der Waals surface area contributed by atoms with Crippen molar-refractivity contribution in [2.75, 3.05) is 6.61 Å². The molecule has 0 atom stereocenters. The number of carbonyl (C=O) groups is 2. The Kier molecular flexibility index (Phi) is 8.67. The number of ether oxygens (including phenoxy) is 1. The summed E-state index contributed by atoms with van der Waals surface area (Å²) in [6.45, 7) is -0.345. The molecule has 0 aliphatic heterocycles. The van der Waals surface area contributed by atoms with E-state index in [0.717, 1.165) is 37.3 Å². The zero-order valence-electron chi connectivity index (χ0n) is 17.7. The minimum Gasteiger partial charge on any atom is -0.452 e. The van der Waals surface area contributed by atoms with Gasteiger partial charge in [0.05, 0.1) is 10.6 Å². The van der Waals surface area contributed by atoms with E-state index >= 15 is 0 Å². The Morgan fingerprint density at radius 2 is 1.69 bits per heavy atom. The number of carbonyl (C=O) groups excluding carboxylic acids is 2. The smallest absolute Gasteiger partial charge is 0.338 e. The van der Waals surface area contributed by atoms with Gasteiger partial charge >= 0.3 is 5.97 Å². The van der Waals surface area contributed by atoms with Crippen LogP contribution in [0.25, 0.3) is 0 Å². The number of hydrogen-bond donors (Lipinski definition) is 2. The molecule has 2 aromatic carbocycles. The lowest BCUT2D eigenvalue weighted by atomic mass is 10.1. The van der Waals surface area contributed by atoms with Crippen molar-refractivity contribution in [2.45, 2.75) is 56.0 Å². The van der Waals surface area contributed by atoms with Crippen molar-refractivity contribution >= 4 is 33.5 Å². The first-order valence-electron chi connectivity index (χ1n) is 10.6. The molecule has 1 fully saturated rings.